The van der Waals surface area contributed by atoms with E-state index in [-0.39, 0.29) is 0 Å². The Hall–Kier alpha value is -3.21. The third-order valence-electron chi connectivity index (χ3n) is 4.50. The first-order valence-corrected chi connectivity index (χ1v) is 11.1. The van der Waals surface area contributed by atoms with Crippen LogP contribution in [0.5, 0.6) is 0 Å². The molecule has 0 aliphatic rings. The molecule has 0 aliphatic carbocycles. The number of hydrogen-bond donors (Lipinski definition) is 0. The largest absolute Gasteiger partial charge is 0.197 e. The van der Waals surface area contributed by atoms with Gasteiger partial charge in [0.1, 0.15) is 5.69 Å². The van der Waals surface area contributed by atoms with Crippen molar-refractivity contribution in [3.63, 3.8) is 0 Å². The number of halogens is 2. The Kier molecular flexibility index (Phi) is 8.37. The Morgan fingerprint density at radius 1 is 0.688 bits per heavy atom. The summed E-state index contributed by atoms with van der Waals surface area (Å²) in [6.45, 7) is 5.87. The molecule has 4 nitrogen and oxygen atoms in total. The van der Waals surface area contributed by atoms with Crippen LogP contribution in [0.15, 0.2) is 91.0 Å². The van der Waals surface area contributed by atoms with Gasteiger partial charge in [0.05, 0.1) is 5.02 Å². The van der Waals surface area contributed by atoms with E-state index in [9.17, 15) is 0 Å². The number of aryl methyl sites for hydroxylation is 1. The molecule has 0 fully saturated rings. The summed E-state index contributed by atoms with van der Waals surface area (Å²) < 4.78 is 1.72. The number of fused-ring (bicyclic) bond motifs is 1. The van der Waals surface area contributed by atoms with Gasteiger partial charge in [-0.25, -0.2) is 0 Å². The summed E-state index contributed by atoms with van der Waals surface area (Å²) in [6.07, 6.45) is 0. The van der Waals surface area contributed by atoms with Gasteiger partial charge in [0.2, 0.25) is 0 Å². The molecule has 2 aromatic heterocycles. The quantitative estimate of drug-likeness (QED) is 0.268. The molecule has 32 heavy (non-hydrogen) atoms. The number of hydrogen-bond acceptors (Lipinski definition) is 3. The Labute approximate surface area is 198 Å². The Balaban J connectivity index is 0.000000309. The van der Waals surface area contributed by atoms with Crippen LogP contribution in [-0.4, -0.2) is 19.8 Å². The van der Waals surface area contributed by atoms with Crippen LogP contribution in [0, 0.1) is 6.92 Å². The molecule has 0 N–H and O–H groups in total. The van der Waals surface area contributed by atoms with E-state index >= 15 is 0 Å². The average Bonchev–Trinajstić information content (AvgIpc) is 3.22. The van der Waals surface area contributed by atoms with Gasteiger partial charge in [0.25, 0.3) is 0 Å². The van der Waals surface area contributed by atoms with E-state index in [1.165, 1.54) is 0 Å². The molecule has 0 saturated carbocycles. The van der Waals surface area contributed by atoms with Crippen molar-refractivity contribution >= 4 is 28.8 Å². The first kappa shape index (κ1) is 23.5. The third-order valence-corrected chi connectivity index (χ3v) is 5.08. The summed E-state index contributed by atoms with van der Waals surface area (Å²) in [5, 5.41) is 14.3. The maximum atomic E-state index is 6.41. The van der Waals surface area contributed by atoms with Gasteiger partial charge in [0, 0.05) is 16.1 Å². The standard InChI is InChI=1S/C18H12Cl2N4.C6H6.C2H6/c1-11-21-22-17-10-15(12-6-8-13(19)9-7-12)18(23-24(11)17)14-4-2-3-5-16(14)20;1-2-4-6-5-3-1;1-2/h2-10H,1H3;1-6H;1-2H3. The van der Waals surface area contributed by atoms with Crippen molar-refractivity contribution in [2.24, 2.45) is 0 Å². The van der Waals surface area contributed by atoms with Crippen molar-refractivity contribution < 1.29 is 0 Å². The van der Waals surface area contributed by atoms with Crippen molar-refractivity contribution in [2.45, 2.75) is 20.8 Å². The predicted octanol–water partition coefficient (Wildman–Crippen LogP) is 7.79. The van der Waals surface area contributed by atoms with Gasteiger partial charge >= 0.3 is 0 Å². The smallest absolute Gasteiger partial charge is 0.178 e. The van der Waals surface area contributed by atoms with Gasteiger partial charge in [0.15, 0.2) is 11.5 Å². The summed E-state index contributed by atoms with van der Waals surface area (Å²) >= 11 is 12.4. The lowest BCUT2D eigenvalue weighted by atomic mass is 10.00. The summed E-state index contributed by atoms with van der Waals surface area (Å²) in [7, 11) is 0. The fraction of sp³-hybridized carbons (Fsp3) is 0.115. The second kappa shape index (κ2) is 11.4. The van der Waals surface area contributed by atoms with Gasteiger partial charge in [-0.1, -0.05) is 104 Å². The van der Waals surface area contributed by atoms with Gasteiger partial charge in [-0.15, -0.1) is 10.2 Å². The van der Waals surface area contributed by atoms with E-state index in [1.807, 2.05) is 112 Å². The van der Waals surface area contributed by atoms with Crippen LogP contribution in [0.3, 0.4) is 0 Å². The summed E-state index contributed by atoms with van der Waals surface area (Å²) in [5.41, 5.74) is 4.25. The van der Waals surface area contributed by atoms with E-state index in [0.717, 1.165) is 28.2 Å². The lowest BCUT2D eigenvalue weighted by molar-refractivity contribution is 0.881. The van der Waals surface area contributed by atoms with Crippen molar-refractivity contribution in [2.75, 3.05) is 0 Å². The molecule has 0 amide bonds. The van der Waals surface area contributed by atoms with E-state index in [1.54, 1.807) is 4.52 Å². The Bertz CT molecular complexity index is 1240. The lowest BCUT2D eigenvalue weighted by Crippen LogP contribution is -2.00. The average molecular weight is 463 g/mol. The fourth-order valence-electron chi connectivity index (χ4n) is 3.03. The zero-order valence-corrected chi connectivity index (χ0v) is 19.7. The van der Waals surface area contributed by atoms with Gasteiger partial charge in [-0.2, -0.15) is 9.61 Å². The maximum absolute atomic E-state index is 6.41. The van der Waals surface area contributed by atoms with Crippen molar-refractivity contribution in [1.82, 2.24) is 19.8 Å². The molecule has 5 aromatic rings. The van der Waals surface area contributed by atoms with Gasteiger partial charge in [-0.3, -0.25) is 0 Å². The highest BCUT2D eigenvalue weighted by molar-refractivity contribution is 6.33. The van der Waals surface area contributed by atoms with E-state index in [0.29, 0.717) is 15.7 Å². The molecule has 0 spiro atoms. The summed E-state index contributed by atoms with van der Waals surface area (Å²) in [4.78, 5) is 0. The lowest BCUT2D eigenvalue weighted by Gasteiger charge is -2.11. The molecular weight excluding hydrogens is 439 g/mol. The second-order valence-corrected chi connectivity index (χ2v) is 7.41. The van der Waals surface area contributed by atoms with Crippen LogP contribution in [0.1, 0.15) is 19.7 Å². The molecule has 0 atom stereocenters. The van der Waals surface area contributed by atoms with Crippen LogP contribution < -0.4 is 0 Å². The Morgan fingerprint density at radius 3 is 1.88 bits per heavy atom. The van der Waals surface area contributed by atoms with E-state index < -0.39 is 0 Å². The first-order valence-electron chi connectivity index (χ1n) is 10.4. The molecule has 0 aliphatic heterocycles. The molecule has 0 bridgehead atoms. The van der Waals surface area contributed by atoms with Crippen LogP contribution in [0.25, 0.3) is 28.0 Å². The second-order valence-electron chi connectivity index (χ2n) is 6.57. The minimum atomic E-state index is 0.644. The molecule has 0 unspecified atom stereocenters. The number of nitrogens with zero attached hydrogens (tertiary/aromatic N) is 4. The molecule has 0 radical (unpaired) electrons. The molecule has 6 heteroatoms. The van der Waals surface area contributed by atoms with Crippen molar-refractivity contribution in [3.05, 3.63) is 107 Å². The SMILES string of the molecule is CC.Cc1nnc2cc(-c3ccc(Cl)cc3)c(-c3ccccc3Cl)nn12.c1ccccc1. The van der Waals surface area contributed by atoms with Crippen molar-refractivity contribution in [1.29, 1.82) is 0 Å². The van der Waals surface area contributed by atoms with Gasteiger partial charge in [-0.05, 0) is 36.8 Å². The zero-order chi connectivity index (χ0) is 22.9. The van der Waals surface area contributed by atoms with Crippen LogP contribution >= 0.6 is 23.2 Å². The summed E-state index contributed by atoms with van der Waals surface area (Å²) in [5.74, 6) is 0.723. The maximum Gasteiger partial charge on any atom is 0.178 e. The minimum absolute atomic E-state index is 0.644. The monoisotopic (exact) mass is 462 g/mol. The topological polar surface area (TPSA) is 43.1 Å². The normalized spacial score (nSPS) is 10.0. The zero-order valence-electron chi connectivity index (χ0n) is 18.2. The van der Waals surface area contributed by atoms with Crippen LogP contribution in [0.2, 0.25) is 10.0 Å². The third kappa shape index (κ3) is 5.52. The number of benzene rings is 3. The van der Waals surface area contributed by atoms with Gasteiger partial charge < -0.3 is 0 Å². The first-order chi connectivity index (χ1) is 15.6. The van der Waals surface area contributed by atoms with Crippen molar-refractivity contribution in [3.8, 4) is 22.4 Å². The highest BCUT2D eigenvalue weighted by Gasteiger charge is 2.16. The highest BCUT2D eigenvalue weighted by atomic mass is 35.5. The van der Waals surface area contributed by atoms with Crippen LogP contribution in [0.4, 0.5) is 0 Å². The van der Waals surface area contributed by atoms with E-state index in [2.05, 4.69) is 10.2 Å². The molecule has 3 aromatic carbocycles. The van der Waals surface area contributed by atoms with Crippen LogP contribution in [-0.2, 0) is 0 Å². The fourth-order valence-corrected chi connectivity index (χ4v) is 3.38. The Morgan fingerprint density at radius 2 is 1.28 bits per heavy atom. The molecular formula is C26H24Cl2N4. The highest BCUT2D eigenvalue weighted by Crippen LogP contribution is 2.35. The predicted molar refractivity (Wildman–Crippen MR) is 134 cm³/mol. The molecule has 162 valence electrons. The number of rotatable bonds is 2. The van der Waals surface area contributed by atoms with E-state index in [4.69, 9.17) is 28.3 Å². The molecule has 5 rings (SSSR count). The summed E-state index contributed by atoms with van der Waals surface area (Å²) in [6, 6.07) is 29.2. The molecule has 2 heterocycles. The number of aromatic nitrogens is 4. The molecule has 0 saturated heterocycles. The minimum Gasteiger partial charge on any atom is -0.197 e.